The fourth-order valence-electron chi connectivity index (χ4n) is 3.01. The van der Waals surface area contributed by atoms with Gasteiger partial charge in [-0.3, -0.25) is 9.59 Å². The number of hydrogen-bond acceptors (Lipinski definition) is 5. The Morgan fingerprint density at radius 3 is 1.82 bits per heavy atom. The summed E-state index contributed by atoms with van der Waals surface area (Å²) < 4.78 is 3.13. The van der Waals surface area contributed by atoms with Crippen molar-refractivity contribution < 1.29 is 14.7 Å². The normalized spacial score (nSPS) is 10.9. The van der Waals surface area contributed by atoms with Gasteiger partial charge in [0, 0.05) is 25.5 Å². The van der Waals surface area contributed by atoms with Crippen LogP contribution >= 0.6 is 0 Å². The summed E-state index contributed by atoms with van der Waals surface area (Å²) in [5.74, 6) is -0.862. The average Bonchev–Trinajstić information content (AvgIpc) is 3.26. The standard InChI is InChI=1S/C19H22N6O3/c1-11-9-14(17(27)20-3)22-24(11)19(13-7-5-6-8-16(13)26)25-12(2)10-15(23-25)18(28)21-4/h5-10,19,26H,1-4H3,(H,20,27)(H,21,28)/p-1. The Bertz CT molecular complexity index is 976. The lowest BCUT2D eigenvalue weighted by atomic mass is 10.1. The van der Waals surface area contributed by atoms with Crippen LogP contribution in [0.2, 0.25) is 0 Å². The van der Waals surface area contributed by atoms with Crippen molar-refractivity contribution in [2.45, 2.75) is 20.0 Å². The summed E-state index contributed by atoms with van der Waals surface area (Å²) in [7, 11) is 3.04. The third-order valence-corrected chi connectivity index (χ3v) is 4.42. The van der Waals surface area contributed by atoms with Gasteiger partial charge in [-0.05, 0) is 31.5 Å². The van der Waals surface area contributed by atoms with Gasteiger partial charge >= 0.3 is 0 Å². The molecule has 0 saturated carbocycles. The van der Waals surface area contributed by atoms with Gasteiger partial charge in [0.15, 0.2) is 17.6 Å². The number of amides is 2. The average molecular weight is 381 g/mol. The lowest BCUT2D eigenvalue weighted by Crippen LogP contribution is -2.26. The maximum atomic E-state index is 12.6. The molecule has 0 spiro atoms. The van der Waals surface area contributed by atoms with E-state index in [1.165, 1.54) is 20.2 Å². The van der Waals surface area contributed by atoms with Gasteiger partial charge in [0.05, 0.1) is 0 Å². The number of para-hydroxylation sites is 1. The summed E-state index contributed by atoms with van der Waals surface area (Å²) >= 11 is 0. The molecular weight excluding hydrogens is 360 g/mol. The minimum absolute atomic E-state index is 0.194. The van der Waals surface area contributed by atoms with E-state index in [2.05, 4.69) is 20.8 Å². The van der Waals surface area contributed by atoms with Gasteiger partial charge in [0.1, 0.15) is 0 Å². The van der Waals surface area contributed by atoms with Crippen molar-refractivity contribution >= 4 is 11.8 Å². The van der Waals surface area contributed by atoms with Crippen LogP contribution in [-0.4, -0.2) is 45.5 Å². The molecule has 0 bridgehead atoms. The van der Waals surface area contributed by atoms with E-state index in [0.717, 1.165) is 0 Å². The van der Waals surface area contributed by atoms with E-state index in [1.807, 2.05) is 0 Å². The molecule has 0 radical (unpaired) electrons. The number of aromatic nitrogens is 4. The van der Waals surface area contributed by atoms with Crippen LogP contribution in [0.4, 0.5) is 0 Å². The van der Waals surface area contributed by atoms with E-state index in [0.29, 0.717) is 17.0 Å². The van der Waals surface area contributed by atoms with Crippen LogP contribution in [-0.2, 0) is 0 Å². The first-order valence-corrected chi connectivity index (χ1v) is 8.69. The Balaban J connectivity index is 2.22. The molecule has 0 saturated heterocycles. The van der Waals surface area contributed by atoms with Gasteiger partial charge in [-0.1, -0.05) is 24.3 Å². The van der Waals surface area contributed by atoms with Crippen LogP contribution in [0.5, 0.6) is 5.75 Å². The first-order chi connectivity index (χ1) is 13.4. The molecule has 9 nitrogen and oxygen atoms in total. The second-order valence-corrected chi connectivity index (χ2v) is 6.30. The summed E-state index contributed by atoms with van der Waals surface area (Å²) in [5, 5.41) is 26.4. The van der Waals surface area contributed by atoms with Crippen molar-refractivity contribution in [3.63, 3.8) is 0 Å². The predicted octanol–water partition coefficient (Wildman–Crippen LogP) is 0.584. The molecule has 146 valence electrons. The Morgan fingerprint density at radius 1 is 0.929 bits per heavy atom. The molecule has 9 heteroatoms. The molecule has 3 aromatic rings. The second-order valence-electron chi connectivity index (χ2n) is 6.30. The molecule has 0 fully saturated rings. The Labute approximate surface area is 162 Å². The summed E-state index contributed by atoms with van der Waals surface area (Å²) in [6.45, 7) is 3.58. The van der Waals surface area contributed by atoms with E-state index >= 15 is 0 Å². The molecule has 0 unspecified atom stereocenters. The van der Waals surface area contributed by atoms with Crippen LogP contribution < -0.4 is 15.7 Å². The van der Waals surface area contributed by atoms with Crippen molar-refractivity contribution in [2.24, 2.45) is 0 Å². The molecule has 2 amide bonds. The Kier molecular flexibility index (Phi) is 5.16. The monoisotopic (exact) mass is 381 g/mol. The van der Waals surface area contributed by atoms with Crippen LogP contribution in [0, 0.1) is 13.8 Å². The van der Waals surface area contributed by atoms with Crippen LogP contribution in [0.3, 0.4) is 0 Å². The van der Waals surface area contributed by atoms with Crippen molar-refractivity contribution in [1.82, 2.24) is 30.2 Å². The van der Waals surface area contributed by atoms with Crippen LogP contribution in [0.25, 0.3) is 0 Å². The van der Waals surface area contributed by atoms with E-state index < -0.39 is 6.17 Å². The van der Waals surface area contributed by atoms with Gasteiger partial charge in [0.25, 0.3) is 11.8 Å². The highest BCUT2D eigenvalue weighted by molar-refractivity contribution is 5.92. The fourth-order valence-corrected chi connectivity index (χ4v) is 3.01. The molecule has 28 heavy (non-hydrogen) atoms. The van der Waals surface area contributed by atoms with E-state index in [1.54, 1.807) is 53.5 Å². The number of carbonyl (C=O) groups excluding carboxylic acids is 2. The smallest absolute Gasteiger partial charge is 0.271 e. The maximum absolute atomic E-state index is 12.6. The fraction of sp³-hybridized carbons (Fsp3) is 0.263. The molecule has 1 aromatic carbocycles. The van der Waals surface area contributed by atoms with Gasteiger partial charge < -0.3 is 15.7 Å². The third-order valence-electron chi connectivity index (χ3n) is 4.42. The van der Waals surface area contributed by atoms with E-state index in [4.69, 9.17) is 0 Å². The Morgan fingerprint density at radius 2 is 1.39 bits per heavy atom. The van der Waals surface area contributed by atoms with Crippen molar-refractivity contribution in [2.75, 3.05) is 14.1 Å². The number of nitrogens with one attached hydrogen (secondary N) is 2. The first kappa shape index (κ1) is 19.2. The summed E-state index contributed by atoms with van der Waals surface area (Å²) in [5.41, 5.74) is 2.22. The molecular formula is C19H21N6O3-. The van der Waals surface area contributed by atoms with E-state index in [9.17, 15) is 14.7 Å². The van der Waals surface area contributed by atoms with Gasteiger partial charge in [-0.15, -0.1) is 5.75 Å². The SMILES string of the molecule is CNC(=O)c1cc(C)n(C(c2ccccc2[O-])n2nc(C(=O)NC)cc2C)n1. The summed E-state index contributed by atoms with van der Waals surface area (Å²) in [6.07, 6.45) is -0.745. The van der Waals surface area contributed by atoms with Gasteiger partial charge in [-0.25, -0.2) is 9.36 Å². The number of hydrogen-bond donors (Lipinski definition) is 2. The minimum Gasteiger partial charge on any atom is -0.872 e. The number of rotatable bonds is 5. The highest BCUT2D eigenvalue weighted by Crippen LogP contribution is 2.29. The molecule has 2 heterocycles. The molecule has 3 rings (SSSR count). The molecule has 2 aromatic heterocycles. The zero-order chi connectivity index (χ0) is 20.4. The number of benzene rings is 1. The van der Waals surface area contributed by atoms with E-state index in [-0.39, 0.29) is 29.0 Å². The molecule has 0 aliphatic heterocycles. The van der Waals surface area contributed by atoms with Crippen molar-refractivity contribution in [3.8, 4) is 5.75 Å². The van der Waals surface area contributed by atoms with Gasteiger partial charge in [0.2, 0.25) is 0 Å². The molecule has 0 atom stereocenters. The zero-order valence-electron chi connectivity index (χ0n) is 16.1. The Hall–Kier alpha value is -3.62. The molecule has 0 aliphatic carbocycles. The summed E-state index contributed by atoms with van der Waals surface area (Å²) in [4.78, 5) is 24.0. The number of carbonyl (C=O) groups is 2. The van der Waals surface area contributed by atoms with Gasteiger partial charge in [-0.2, -0.15) is 10.2 Å². The maximum Gasteiger partial charge on any atom is 0.271 e. The van der Waals surface area contributed by atoms with Crippen molar-refractivity contribution in [1.29, 1.82) is 0 Å². The summed E-state index contributed by atoms with van der Waals surface area (Å²) in [6, 6.07) is 9.82. The highest BCUT2D eigenvalue weighted by Gasteiger charge is 2.25. The molecule has 0 aliphatic rings. The quantitative estimate of drug-likeness (QED) is 0.671. The topological polar surface area (TPSA) is 117 Å². The van der Waals surface area contributed by atoms with Crippen molar-refractivity contribution in [3.05, 3.63) is 64.7 Å². The highest BCUT2D eigenvalue weighted by atomic mass is 16.3. The lowest BCUT2D eigenvalue weighted by molar-refractivity contribution is -0.270. The first-order valence-electron chi connectivity index (χ1n) is 8.69. The number of nitrogens with zero attached hydrogens (tertiary/aromatic N) is 4. The minimum atomic E-state index is -0.745. The second kappa shape index (κ2) is 7.55. The molecule has 2 N–H and O–H groups in total. The third kappa shape index (κ3) is 3.34. The van der Waals surface area contributed by atoms with Crippen LogP contribution in [0.15, 0.2) is 36.4 Å². The predicted molar refractivity (Wildman–Crippen MR) is 100 cm³/mol. The lowest BCUT2D eigenvalue weighted by Gasteiger charge is -2.26. The zero-order valence-corrected chi connectivity index (χ0v) is 16.1. The van der Waals surface area contributed by atoms with Crippen LogP contribution in [0.1, 0.15) is 44.1 Å². The number of aryl methyl sites for hydroxylation is 2. The largest absolute Gasteiger partial charge is 0.872 e.